The van der Waals surface area contributed by atoms with Crippen molar-refractivity contribution in [1.82, 2.24) is 9.88 Å². The Labute approximate surface area is 138 Å². The smallest absolute Gasteiger partial charge is 0.274 e. The highest BCUT2D eigenvalue weighted by Gasteiger charge is 2.09. The molecule has 2 rings (SSSR count). The summed E-state index contributed by atoms with van der Waals surface area (Å²) < 4.78 is 0.838. The molecule has 0 aliphatic rings. The Kier molecular flexibility index (Phi) is 5.91. The minimum absolute atomic E-state index is 0.230. The highest BCUT2D eigenvalue weighted by molar-refractivity contribution is 9.10. The minimum atomic E-state index is -0.230. The zero-order valence-electron chi connectivity index (χ0n) is 12.6. The van der Waals surface area contributed by atoms with E-state index in [0.717, 1.165) is 28.9 Å². The van der Waals surface area contributed by atoms with E-state index < -0.39 is 0 Å². The molecule has 6 heteroatoms. The summed E-state index contributed by atoms with van der Waals surface area (Å²) in [5, 5.41) is 6.09. The van der Waals surface area contributed by atoms with Gasteiger partial charge in [-0.2, -0.15) is 0 Å². The van der Waals surface area contributed by atoms with E-state index in [1.165, 1.54) is 0 Å². The number of nitrogens with one attached hydrogen (secondary N) is 2. The number of nitrogens with zero attached hydrogens (tertiary/aromatic N) is 2. The molecule has 0 aliphatic heterocycles. The fraction of sp³-hybridized carbons (Fsp3) is 0.250. The maximum atomic E-state index is 12.2. The lowest BCUT2D eigenvalue weighted by Crippen LogP contribution is -2.21. The maximum Gasteiger partial charge on any atom is 0.274 e. The molecule has 0 spiro atoms. The monoisotopic (exact) mass is 362 g/mol. The van der Waals surface area contributed by atoms with Gasteiger partial charge in [0, 0.05) is 17.6 Å². The van der Waals surface area contributed by atoms with Crippen LogP contribution in [0.3, 0.4) is 0 Å². The van der Waals surface area contributed by atoms with Crippen molar-refractivity contribution in [3.63, 3.8) is 0 Å². The van der Waals surface area contributed by atoms with Crippen molar-refractivity contribution in [1.29, 1.82) is 0 Å². The van der Waals surface area contributed by atoms with Crippen LogP contribution in [0.25, 0.3) is 0 Å². The van der Waals surface area contributed by atoms with Gasteiger partial charge in [0.05, 0.1) is 17.6 Å². The average molecular weight is 363 g/mol. The molecule has 0 saturated carbocycles. The molecule has 0 fully saturated rings. The van der Waals surface area contributed by atoms with Crippen molar-refractivity contribution in [2.45, 2.75) is 0 Å². The van der Waals surface area contributed by atoms with E-state index in [2.05, 4.69) is 36.4 Å². The number of aromatic nitrogens is 1. The Morgan fingerprint density at radius 2 is 2.00 bits per heavy atom. The summed E-state index contributed by atoms with van der Waals surface area (Å²) in [6.45, 7) is 1.77. The maximum absolute atomic E-state index is 12.2. The zero-order chi connectivity index (χ0) is 15.9. The molecular formula is C16H19BrN4O. The highest BCUT2D eigenvalue weighted by atomic mass is 79.9. The molecule has 1 heterocycles. The Morgan fingerprint density at radius 1 is 1.23 bits per heavy atom. The lowest BCUT2D eigenvalue weighted by atomic mass is 10.3. The topological polar surface area (TPSA) is 57.3 Å². The van der Waals surface area contributed by atoms with Crippen LogP contribution < -0.4 is 10.6 Å². The molecule has 2 N–H and O–H groups in total. The van der Waals surface area contributed by atoms with E-state index in [4.69, 9.17) is 0 Å². The van der Waals surface area contributed by atoms with Crippen molar-refractivity contribution in [3.8, 4) is 0 Å². The van der Waals surface area contributed by atoms with Crippen LogP contribution in [0.5, 0.6) is 0 Å². The molecule has 5 nitrogen and oxygen atoms in total. The van der Waals surface area contributed by atoms with Gasteiger partial charge in [-0.05, 0) is 54.3 Å². The molecule has 0 aliphatic carbocycles. The summed E-state index contributed by atoms with van der Waals surface area (Å²) in [6.07, 6.45) is 1.67. The average Bonchev–Trinajstić information content (AvgIpc) is 2.50. The summed E-state index contributed by atoms with van der Waals surface area (Å²) in [6, 6.07) is 11.0. The molecule has 0 unspecified atom stereocenters. The largest absolute Gasteiger partial charge is 0.383 e. The fourth-order valence-electron chi connectivity index (χ4n) is 1.81. The summed E-state index contributed by atoms with van der Waals surface area (Å²) in [4.78, 5) is 18.5. The van der Waals surface area contributed by atoms with Crippen LogP contribution in [0, 0.1) is 0 Å². The van der Waals surface area contributed by atoms with Gasteiger partial charge in [0.15, 0.2) is 0 Å². The summed E-state index contributed by atoms with van der Waals surface area (Å²) in [7, 11) is 4.05. The van der Waals surface area contributed by atoms with Crippen molar-refractivity contribution in [3.05, 3.63) is 52.8 Å². The molecule has 1 amide bonds. The van der Waals surface area contributed by atoms with E-state index >= 15 is 0 Å². The van der Waals surface area contributed by atoms with Crippen LogP contribution in [0.15, 0.2) is 47.1 Å². The molecule has 0 saturated heterocycles. The number of carbonyl (C=O) groups excluding carboxylic acids is 1. The lowest BCUT2D eigenvalue weighted by molar-refractivity contribution is 0.102. The first kappa shape index (κ1) is 16.5. The zero-order valence-corrected chi connectivity index (χ0v) is 14.2. The van der Waals surface area contributed by atoms with E-state index in [1.54, 1.807) is 12.3 Å². The van der Waals surface area contributed by atoms with Gasteiger partial charge in [-0.15, -0.1) is 0 Å². The van der Waals surface area contributed by atoms with Crippen LogP contribution in [-0.2, 0) is 0 Å². The van der Waals surface area contributed by atoms with Gasteiger partial charge < -0.3 is 15.5 Å². The second kappa shape index (κ2) is 7.91. The third-order valence-electron chi connectivity index (χ3n) is 3.01. The number of halogens is 1. The van der Waals surface area contributed by atoms with Crippen LogP contribution in [0.1, 0.15) is 10.5 Å². The first-order chi connectivity index (χ1) is 10.6. The van der Waals surface area contributed by atoms with Crippen LogP contribution in [-0.4, -0.2) is 43.0 Å². The molecule has 0 radical (unpaired) electrons. The predicted molar refractivity (Wildman–Crippen MR) is 93.4 cm³/mol. The van der Waals surface area contributed by atoms with E-state index in [1.807, 2.05) is 44.4 Å². The number of rotatable bonds is 6. The second-order valence-corrected chi connectivity index (χ2v) is 5.95. The lowest BCUT2D eigenvalue weighted by Gasteiger charge is -2.11. The molecule has 1 aromatic carbocycles. The Hall–Kier alpha value is -1.92. The minimum Gasteiger partial charge on any atom is -0.383 e. The molecule has 0 atom stereocenters. The SMILES string of the molecule is CN(C)CCNc1ccc(C(=O)Nc2ccccc2Br)nc1. The Balaban J connectivity index is 1.95. The van der Waals surface area contributed by atoms with E-state index in [0.29, 0.717) is 5.69 Å². The molecular weight excluding hydrogens is 344 g/mol. The van der Waals surface area contributed by atoms with E-state index in [9.17, 15) is 4.79 Å². The van der Waals surface area contributed by atoms with Gasteiger partial charge >= 0.3 is 0 Å². The van der Waals surface area contributed by atoms with Gasteiger partial charge in [0.2, 0.25) is 0 Å². The third-order valence-corrected chi connectivity index (χ3v) is 3.70. The first-order valence-electron chi connectivity index (χ1n) is 6.97. The van der Waals surface area contributed by atoms with Crippen molar-refractivity contribution < 1.29 is 4.79 Å². The standard InChI is InChI=1S/C16H19BrN4O/c1-21(2)10-9-18-12-7-8-15(19-11-12)16(22)20-14-6-4-3-5-13(14)17/h3-8,11,18H,9-10H2,1-2H3,(H,20,22). The normalized spacial score (nSPS) is 10.5. The molecule has 22 heavy (non-hydrogen) atoms. The number of hydrogen-bond donors (Lipinski definition) is 2. The van der Waals surface area contributed by atoms with Crippen LogP contribution in [0.4, 0.5) is 11.4 Å². The summed E-state index contributed by atoms with van der Waals surface area (Å²) in [5.74, 6) is -0.230. The molecule has 116 valence electrons. The Morgan fingerprint density at radius 3 is 2.64 bits per heavy atom. The molecule has 1 aromatic heterocycles. The van der Waals surface area contributed by atoms with Crippen LogP contribution in [0.2, 0.25) is 0 Å². The molecule has 0 bridgehead atoms. The number of para-hydroxylation sites is 1. The number of benzene rings is 1. The van der Waals surface area contributed by atoms with Crippen molar-refractivity contribution in [2.75, 3.05) is 37.8 Å². The molecule has 2 aromatic rings. The van der Waals surface area contributed by atoms with E-state index in [-0.39, 0.29) is 5.91 Å². The van der Waals surface area contributed by atoms with Gasteiger partial charge in [-0.1, -0.05) is 12.1 Å². The van der Waals surface area contributed by atoms with Gasteiger partial charge in [-0.3, -0.25) is 4.79 Å². The van der Waals surface area contributed by atoms with Gasteiger partial charge in [-0.25, -0.2) is 4.98 Å². The number of pyridine rings is 1. The third kappa shape index (κ3) is 4.82. The number of carbonyl (C=O) groups is 1. The number of amides is 1. The fourth-order valence-corrected chi connectivity index (χ4v) is 2.19. The van der Waals surface area contributed by atoms with Gasteiger partial charge in [0.25, 0.3) is 5.91 Å². The summed E-state index contributed by atoms with van der Waals surface area (Å²) >= 11 is 3.40. The van der Waals surface area contributed by atoms with Gasteiger partial charge in [0.1, 0.15) is 5.69 Å². The quantitative estimate of drug-likeness (QED) is 0.828. The highest BCUT2D eigenvalue weighted by Crippen LogP contribution is 2.21. The van der Waals surface area contributed by atoms with Crippen molar-refractivity contribution in [2.24, 2.45) is 0 Å². The number of likely N-dealkylation sites (N-methyl/N-ethyl adjacent to an activating group) is 1. The van der Waals surface area contributed by atoms with Crippen LogP contribution >= 0.6 is 15.9 Å². The second-order valence-electron chi connectivity index (χ2n) is 5.10. The Bertz CT molecular complexity index is 628. The number of hydrogen-bond acceptors (Lipinski definition) is 4. The first-order valence-corrected chi connectivity index (χ1v) is 7.76. The van der Waals surface area contributed by atoms with Crippen molar-refractivity contribution >= 4 is 33.2 Å². The number of anilines is 2. The predicted octanol–water partition coefficient (Wildman–Crippen LogP) is 3.07. The summed E-state index contributed by atoms with van der Waals surface area (Å²) in [5.41, 5.74) is 2.01.